The monoisotopic (exact) mass is 360 g/mol. The molecule has 140 valence electrons. The summed E-state index contributed by atoms with van der Waals surface area (Å²) in [5.41, 5.74) is 1.31. The molecule has 0 bridgehead atoms. The molecule has 1 saturated heterocycles. The fourth-order valence-electron chi connectivity index (χ4n) is 2.76. The van der Waals surface area contributed by atoms with E-state index in [0.29, 0.717) is 24.8 Å². The van der Waals surface area contributed by atoms with Crippen molar-refractivity contribution in [3.05, 3.63) is 47.3 Å². The number of hydrogen-bond donors (Lipinski definition) is 1. The largest absolute Gasteiger partial charge is 0.497 e. The molecule has 1 aromatic carbocycles. The Kier molecular flexibility index (Phi) is 6.62. The molecule has 1 aliphatic heterocycles. The number of carbonyl (C=O) groups excluding carboxylic acids is 1. The standard InChI is InChI=1S/C19H24N2O5/c1-23-16-4-2-15(3-5-16)12-25-13-17-10-18(21-26-17)19(22)20-11-14-6-8-24-9-7-14/h2-5,10,14H,6-9,11-13H2,1H3,(H,20,22). The molecule has 0 aliphatic carbocycles. The SMILES string of the molecule is COc1ccc(COCc2cc(C(=O)NCC3CCOCC3)no2)cc1. The second-order valence-corrected chi connectivity index (χ2v) is 6.29. The summed E-state index contributed by atoms with van der Waals surface area (Å²) in [5.74, 6) is 1.57. The summed E-state index contributed by atoms with van der Waals surface area (Å²) in [4.78, 5) is 12.1. The molecule has 3 rings (SSSR count). The molecule has 0 spiro atoms. The first kappa shape index (κ1) is 18.4. The quantitative estimate of drug-likeness (QED) is 0.779. The lowest BCUT2D eigenvalue weighted by Gasteiger charge is -2.21. The van der Waals surface area contributed by atoms with Crippen LogP contribution in [0.15, 0.2) is 34.9 Å². The van der Waals surface area contributed by atoms with Crippen molar-refractivity contribution in [3.8, 4) is 5.75 Å². The van der Waals surface area contributed by atoms with Crippen LogP contribution in [-0.2, 0) is 22.7 Å². The van der Waals surface area contributed by atoms with Crippen molar-refractivity contribution in [1.29, 1.82) is 0 Å². The van der Waals surface area contributed by atoms with Gasteiger partial charge in [0.15, 0.2) is 11.5 Å². The Bertz CT molecular complexity index is 692. The number of carbonyl (C=O) groups is 1. The molecule has 7 heteroatoms. The summed E-state index contributed by atoms with van der Waals surface area (Å²) in [5, 5.41) is 6.73. The summed E-state index contributed by atoms with van der Waals surface area (Å²) in [6.07, 6.45) is 1.95. The number of ether oxygens (including phenoxy) is 3. The molecule has 0 saturated carbocycles. The minimum absolute atomic E-state index is 0.221. The van der Waals surface area contributed by atoms with Gasteiger partial charge in [-0.3, -0.25) is 4.79 Å². The summed E-state index contributed by atoms with van der Waals surface area (Å²) in [6.45, 7) is 2.86. The summed E-state index contributed by atoms with van der Waals surface area (Å²) in [6, 6.07) is 9.26. The first-order valence-electron chi connectivity index (χ1n) is 8.77. The van der Waals surface area contributed by atoms with E-state index in [4.69, 9.17) is 18.7 Å². The van der Waals surface area contributed by atoms with Crippen LogP contribution in [0.1, 0.15) is 34.7 Å². The van der Waals surface area contributed by atoms with Crippen molar-refractivity contribution in [2.45, 2.75) is 26.1 Å². The smallest absolute Gasteiger partial charge is 0.273 e. The molecule has 0 radical (unpaired) electrons. The molecule has 2 aromatic rings. The van der Waals surface area contributed by atoms with Gasteiger partial charge >= 0.3 is 0 Å². The van der Waals surface area contributed by atoms with E-state index < -0.39 is 0 Å². The number of benzene rings is 1. The highest BCUT2D eigenvalue weighted by atomic mass is 16.5. The maximum absolute atomic E-state index is 12.1. The van der Waals surface area contributed by atoms with Crippen molar-refractivity contribution in [1.82, 2.24) is 10.5 Å². The molecule has 2 heterocycles. The second kappa shape index (κ2) is 9.35. The van der Waals surface area contributed by atoms with Crippen LogP contribution in [0.5, 0.6) is 5.75 Å². The third-order valence-electron chi connectivity index (χ3n) is 4.36. The Morgan fingerprint density at radius 2 is 2.00 bits per heavy atom. The molecule has 26 heavy (non-hydrogen) atoms. The van der Waals surface area contributed by atoms with Gasteiger partial charge in [-0.05, 0) is 36.5 Å². The van der Waals surface area contributed by atoms with Crippen molar-refractivity contribution in [2.24, 2.45) is 5.92 Å². The van der Waals surface area contributed by atoms with Crippen LogP contribution in [-0.4, -0.2) is 37.9 Å². The average Bonchev–Trinajstić information content (AvgIpc) is 3.16. The van der Waals surface area contributed by atoms with E-state index in [1.165, 1.54) is 0 Å². The topological polar surface area (TPSA) is 82.8 Å². The molecule has 1 amide bonds. The highest BCUT2D eigenvalue weighted by molar-refractivity contribution is 5.92. The van der Waals surface area contributed by atoms with Crippen LogP contribution in [0.25, 0.3) is 0 Å². The van der Waals surface area contributed by atoms with Crippen molar-refractivity contribution in [3.63, 3.8) is 0 Å². The van der Waals surface area contributed by atoms with Gasteiger partial charge in [-0.25, -0.2) is 0 Å². The van der Waals surface area contributed by atoms with Gasteiger partial charge in [0.25, 0.3) is 5.91 Å². The Morgan fingerprint density at radius 1 is 1.23 bits per heavy atom. The van der Waals surface area contributed by atoms with Gasteiger partial charge in [0.1, 0.15) is 12.4 Å². The Labute approximate surface area is 152 Å². The maximum atomic E-state index is 12.1. The van der Waals surface area contributed by atoms with E-state index in [9.17, 15) is 4.79 Å². The number of nitrogens with zero attached hydrogens (tertiary/aromatic N) is 1. The van der Waals surface area contributed by atoms with Crippen LogP contribution in [0, 0.1) is 5.92 Å². The van der Waals surface area contributed by atoms with Gasteiger partial charge < -0.3 is 24.1 Å². The number of amides is 1. The third-order valence-corrected chi connectivity index (χ3v) is 4.36. The van der Waals surface area contributed by atoms with Crippen LogP contribution in [0.2, 0.25) is 0 Å². The van der Waals surface area contributed by atoms with E-state index in [2.05, 4.69) is 10.5 Å². The van der Waals surface area contributed by atoms with Gasteiger partial charge in [-0.1, -0.05) is 17.3 Å². The molecule has 7 nitrogen and oxygen atoms in total. The minimum atomic E-state index is -0.221. The predicted octanol–water partition coefficient (Wildman–Crippen LogP) is 2.56. The van der Waals surface area contributed by atoms with E-state index in [-0.39, 0.29) is 18.2 Å². The van der Waals surface area contributed by atoms with E-state index in [0.717, 1.165) is 37.4 Å². The lowest BCUT2D eigenvalue weighted by Crippen LogP contribution is -2.32. The van der Waals surface area contributed by atoms with Gasteiger partial charge in [-0.15, -0.1) is 0 Å². The van der Waals surface area contributed by atoms with E-state index in [1.54, 1.807) is 13.2 Å². The first-order valence-corrected chi connectivity index (χ1v) is 8.77. The normalized spacial score (nSPS) is 15.0. The zero-order valence-electron chi connectivity index (χ0n) is 14.9. The molecule has 1 N–H and O–H groups in total. The Hall–Kier alpha value is -2.38. The average molecular weight is 360 g/mol. The maximum Gasteiger partial charge on any atom is 0.273 e. The fraction of sp³-hybridized carbons (Fsp3) is 0.474. The molecule has 1 aliphatic rings. The van der Waals surface area contributed by atoms with Gasteiger partial charge in [-0.2, -0.15) is 0 Å². The third kappa shape index (κ3) is 5.31. The lowest BCUT2D eigenvalue weighted by molar-refractivity contribution is 0.0641. The van der Waals surface area contributed by atoms with Crippen molar-refractivity contribution >= 4 is 5.91 Å². The Balaban J connectivity index is 1.41. The van der Waals surface area contributed by atoms with E-state index >= 15 is 0 Å². The van der Waals surface area contributed by atoms with Gasteiger partial charge in [0.05, 0.1) is 13.7 Å². The highest BCUT2D eigenvalue weighted by Crippen LogP contribution is 2.15. The number of rotatable bonds is 8. The van der Waals surface area contributed by atoms with Gasteiger partial charge in [0, 0.05) is 25.8 Å². The minimum Gasteiger partial charge on any atom is -0.497 e. The van der Waals surface area contributed by atoms with Crippen molar-refractivity contribution in [2.75, 3.05) is 26.9 Å². The summed E-state index contributed by atoms with van der Waals surface area (Å²) < 4.78 is 21.2. The molecule has 1 aromatic heterocycles. The first-order chi connectivity index (χ1) is 12.7. The van der Waals surface area contributed by atoms with Crippen molar-refractivity contribution < 1.29 is 23.5 Å². The Morgan fingerprint density at radius 3 is 2.73 bits per heavy atom. The van der Waals surface area contributed by atoms with E-state index in [1.807, 2.05) is 24.3 Å². The highest BCUT2D eigenvalue weighted by Gasteiger charge is 2.17. The molecule has 0 atom stereocenters. The molecule has 0 unspecified atom stereocenters. The van der Waals surface area contributed by atoms with Crippen LogP contribution < -0.4 is 10.1 Å². The summed E-state index contributed by atoms with van der Waals surface area (Å²) in [7, 11) is 1.63. The fourth-order valence-corrected chi connectivity index (χ4v) is 2.76. The molecular weight excluding hydrogens is 336 g/mol. The number of nitrogens with one attached hydrogen (secondary N) is 1. The van der Waals surface area contributed by atoms with Crippen LogP contribution in [0.4, 0.5) is 0 Å². The predicted molar refractivity (Wildman–Crippen MR) is 93.9 cm³/mol. The molecular formula is C19H24N2O5. The number of hydrogen-bond acceptors (Lipinski definition) is 6. The van der Waals surface area contributed by atoms with Crippen LogP contribution >= 0.6 is 0 Å². The van der Waals surface area contributed by atoms with Crippen LogP contribution in [0.3, 0.4) is 0 Å². The zero-order chi connectivity index (χ0) is 18.2. The lowest BCUT2D eigenvalue weighted by atomic mass is 10.0. The molecule has 1 fully saturated rings. The van der Waals surface area contributed by atoms with Gasteiger partial charge in [0.2, 0.25) is 0 Å². The summed E-state index contributed by atoms with van der Waals surface area (Å²) >= 11 is 0. The second-order valence-electron chi connectivity index (χ2n) is 6.29. The number of aromatic nitrogens is 1. The number of methoxy groups -OCH3 is 1. The zero-order valence-corrected chi connectivity index (χ0v) is 14.9.